The SMILES string of the molecule is CC(=O)c1cccc(OCC(=O)OCC(=O)Nc2ccc(Cl)cc2Cl)c1. The van der Waals surface area contributed by atoms with Gasteiger partial charge in [-0.3, -0.25) is 9.59 Å². The van der Waals surface area contributed by atoms with Crippen LogP contribution in [0.2, 0.25) is 10.0 Å². The van der Waals surface area contributed by atoms with E-state index in [2.05, 4.69) is 5.32 Å². The molecule has 0 saturated heterocycles. The number of Topliss-reactive ketones (excluding diaryl/α,β-unsaturated/α-hetero) is 1. The zero-order valence-corrected chi connectivity index (χ0v) is 15.3. The molecule has 0 aliphatic carbocycles. The first-order valence-electron chi connectivity index (χ1n) is 7.49. The fourth-order valence-electron chi connectivity index (χ4n) is 1.91. The van der Waals surface area contributed by atoms with Gasteiger partial charge in [0, 0.05) is 10.6 Å². The molecule has 0 atom stereocenters. The topological polar surface area (TPSA) is 81.7 Å². The quantitative estimate of drug-likeness (QED) is 0.570. The van der Waals surface area contributed by atoms with E-state index in [1.807, 2.05) is 0 Å². The summed E-state index contributed by atoms with van der Waals surface area (Å²) >= 11 is 11.7. The third-order valence-electron chi connectivity index (χ3n) is 3.17. The minimum atomic E-state index is -0.726. The molecular formula is C18H15Cl2NO5. The normalized spacial score (nSPS) is 10.1. The maximum Gasteiger partial charge on any atom is 0.344 e. The molecular weight excluding hydrogens is 381 g/mol. The van der Waals surface area contributed by atoms with Gasteiger partial charge in [0.15, 0.2) is 19.0 Å². The second-order valence-electron chi connectivity index (χ2n) is 5.21. The number of rotatable bonds is 7. The Morgan fingerprint density at radius 1 is 1.04 bits per heavy atom. The summed E-state index contributed by atoms with van der Waals surface area (Å²) in [6.07, 6.45) is 0. The number of nitrogens with one attached hydrogen (secondary N) is 1. The maximum absolute atomic E-state index is 11.8. The van der Waals surface area contributed by atoms with Gasteiger partial charge >= 0.3 is 5.97 Å². The number of ketones is 1. The number of carbonyl (C=O) groups excluding carboxylic acids is 3. The van der Waals surface area contributed by atoms with Crippen molar-refractivity contribution in [1.29, 1.82) is 0 Å². The van der Waals surface area contributed by atoms with Crippen LogP contribution in [0.1, 0.15) is 17.3 Å². The molecule has 0 aromatic heterocycles. The van der Waals surface area contributed by atoms with Crippen molar-refractivity contribution in [2.24, 2.45) is 0 Å². The molecule has 1 N–H and O–H groups in total. The molecule has 1 amide bonds. The van der Waals surface area contributed by atoms with Gasteiger partial charge in [-0.15, -0.1) is 0 Å². The van der Waals surface area contributed by atoms with Crippen molar-refractivity contribution in [2.75, 3.05) is 18.5 Å². The van der Waals surface area contributed by atoms with Crippen LogP contribution in [0, 0.1) is 0 Å². The van der Waals surface area contributed by atoms with Crippen LogP contribution >= 0.6 is 23.2 Å². The zero-order chi connectivity index (χ0) is 19.1. The molecule has 0 unspecified atom stereocenters. The highest BCUT2D eigenvalue weighted by Crippen LogP contribution is 2.25. The van der Waals surface area contributed by atoms with E-state index in [1.54, 1.807) is 24.3 Å². The number of carbonyl (C=O) groups is 3. The number of amides is 1. The molecule has 0 bridgehead atoms. The lowest BCUT2D eigenvalue weighted by atomic mass is 10.1. The van der Waals surface area contributed by atoms with E-state index in [0.29, 0.717) is 22.0 Å². The van der Waals surface area contributed by atoms with E-state index < -0.39 is 25.1 Å². The number of benzene rings is 2. The van der Waals surface area contributed by atoms with Gasteiger partial charge in [-0.25, -0.2) is 4.79 Å². The van der Waals surface area contributed by atoms with E-state index in [0.717, 1.165) is 0 Å². The molecule has 2 rings (SSSR count). The van der Waals surface area contributed by atoms with Crippen LogP contribution in [0.4, 0.5) is 5.69 Å². The molecule has 0 saturated carbocycles. The van der Waals surface area contributed by atoms with Crippen molar-refractivity contribution < 1.29 is 23.9 Å². The predicted molar refractivity (Wildman–Crippen MR) is 98.0 cm³/mol. The summed E-state index contributed by atoms with van der Waals surface area (Å²) < 4.78 is 10.1. The molecule has 2 aromatic rings. The third-order valence-corrected chi connectivity index (χ3v) is 3.71. The standard InChI is InChI=1S/C18H15Cl2NO5/c1-11(22)12-3-2-4-14(7-12)25-10-18(24)26-9-17(23)21-16-6-5-13(19)8-15(16)20/h2-8H,9-10H2,1H3,(H,21,23). The summed E-state index contributed by atoms with van der Waals surface area (Å²) in [7, 11) is 0. The van der Waals surface area contributed by atoms with E-state index in [4.69, 9.17) is 32.7 Å². The highest BCUT2D eigenvalue weighted by atomic mass is 35.5. The Hall–Kier alpha value is -2.57. The summed E-state index contributed by atoms with van der Waals surface area (Å²) in [4.78, 5) is 34.8. The Morgan fingerprint density at radius 2 is 1.81 bits per heavy atom. The third kappa shape index (κ3) is 6.06. The van der Waals surface area contributed by atoms with Gasteiger partial charge in [0.25, 0.3) is 5.91 Å². The Bertz CT molecular complexity index is 838. The summed E-state index contributed by atoms with van der Waals surface area (Å²) in [6, 6.07) is 11.0. The molecule has 26 heavy (non-hydrogen) atoms. The second kappa shape index (κ2) is 9.22. The monoisotopic (exact) mass is 395 g/mol. The van der Waals surface area contributed by atoms with Crippen molar-refractivity contribution in [3.8, 4) is 5.75 Å². The highest BCUT2D eigenvalue weighted by molar-refractivity contribution is 6.36. The lowest BCUT2D eigenvalue weighted by Gasteiger charge is -2.09. The summed E-state index contributed by atoms with van der Waals surface area (Å²) in [5.41, 5.74) is 0.824. The van der Waals surface area contributed by atoms with E-state index in [1.165, 1.54) is 25.1 Å². The van der Waals surface area contributed by atoms with Crippen molar-refractivity contribution in [1.82, 2.24) is 0 Å². The van der Waals surface area contributed by atoms with Gasteiger partial charge in [-0.05, 0) is 37.3 Å². The van der Waals surface area contributed by atoms with Crippen molar-refractivity contribution >= 4 is 46.5 Å². The lowest BCUT2D eigenvalue weighted by molar-refractivity contribution is -0.149. The van der Waals surface area contributed by atoms with Gasteiger partial charge < -0.3 is 14.8 Å². The van der Waals surface area contributed by atoms with Crippen molar-refractivity contribution in [2.45, 2.75) is 6.92 Å². The van der Waals surface area contributed by atoms with E-state index in [9.17, 15) is 14.4 Å². The molecule has 2 aromatic carbocycles. The Kier molecular flexibility index (Phi) is 7.00. The molecule has 0 radical (unpaired) electrons. The average Bonchev–Trinajstić information content (AvgIpc) is 2.61. The van der Waals surface area contributed by atoms with Crippen LogP contribution in [0.15, 0.2) is 42.5 Å². The van der Waals surface area contributed by atoms with Gasteiger partial charge in [-0.2, -0.15) is 0 Å². The number of anilines is 1. The molecule has 136 valence electrons. The lowest BCUT2D eigenvalue weighted by Crippen LogP contribution is -2.23. The van der Waals surface area contributed by atoms with Crippen LogP contribution in [0.25, 0.3) is 0 Å². The van der Waals surface area contributed by atoms with Crippen molar-refractivity contribution in [3.05, 3.63) is 58.1 Å². The smallest absolute Gasteiger partial charge is 0.344 e. The maximum atomic E-state index is 11.8. The Morgan fingerprint density at radius 3 is 2.50 bits per heavy atom. The van der Waals surface area contributed by atoms with Gasteiger partial charge in [0.2, 0.25) is 0 Å². The average molecular weight is 396 g/mol. The zero-order valence-electron chi connectivity index (χ0n) is 13.8. The Balaban J connectivity index is 1.78. The van der Waals surface area contributed by atoms with Crippen LogP contribution in [0.5, 0.6) is 5.75 Å². The molecule has 0 spiro atoms. The molecule has 8 heteroatoms. The summed E-state index contributed by atoms with van der Waals surface area (Å²) in [5.74, 6) is -1.04. The Labute approximate surface area is 160 Å². The van der Waals surface area contributed by atoms with E-state index in [-0.39, 0.29) is 10.8 Å². The fourth-order valence-corrected chi connectivity index (χ4v) is 2.37. The van der Waals surface area contributed by atoms with Crippen LogP contribution < -0.4 is 10.1 Å². The first-order valence-corrected chi connectivity index (χ1v) is 8.25. The first-order chi connectivity index (χ1) is 12.3. The largest absolute Gasteiger partial charge is 0.482 e. The molecule has 0 aliphatic heterocycles. The molecule has 0 fully saturated rings. The molecule has 0 heterocycles. The minimum Gasteiger partial charge on any atom is -0.482 e. The molecule has 6 nitrogen and oxygen atoms in total. The van der Waals surface area contributed by atoms with Gasteiger partial charge in [0.05, 0.1) is 10.7 Å². The fraction of sp³-hybridized carbons (Fsp3) is 0.167. The molecule has 0 aliphatic rings. The highest BCUT2D eigenvalue weighted by Gasteiger charge is 2.11. The number of hydrogen-bond acceptors (Lipinski definition) is 5. The second-order valence-corrected chi connectivity index (χ2v) is 6.05. The summed E-state index contributed by atoms with van der Waals surface area (Å²) in [6.45, 7) is 0.546. The van der Waals surface area contributed by atoms with E-state index >= 15 is 0 Å². The minimum absolute atomic E-state index is 0.115. The van der Waals surface area contributed by atoms with Gasteiger partial charge in [-0.1, -0.05) is 35.3 Å². The number of ether oxygens (including phenoxy) is 2. The summed E-state index contributed by atoms with van der Waals surface area (Å²) in [5, 5.41) is 3.21. The van der Waals surface area contributed by atoms with Crippen molar-refractivity contribution in [3.63, 3.8) is 0 Å². The van der Waals surface area contributed by atoms with Crippen LogP contribution in [-0.2, 0) is 14.3 Å². The number of esters is 1. The number of hydrogen-bond donors (Lipinski definition) is 1. The number of halogens is 2. The van der Waals surface area contributed by atoms with Gasteiger partial charge in [0.1, 0.15) is 5.75 Å². The predicted octanol–water partition coefficient (Wildman–Crippen LogP) is 3.76. The first kappa shape index (κ1) is 19.8. The van der Waals surface area contributed by atoms with Crippen LogP contribution in [-0.4, -0.2) is 30.9 Å². The van der Waals surface area contributed by atoms with Crippen LogP contribution in [0.3, 0.4) is 0 Å².